The first-order valence-electron chi connectivity index (χ1n) is 17.2. The number of hydrogen-bond acceptors (Lipinski definition) is 4. The van der Waals surface area contributed by atoms with E-state index in [2.05, 4.69) is 146 Å². The molecular formula is C46H31N3O. The highest BCUT2D eigenvalue weighted by Gasteiger charge is 2.20. The van der Waals surface area contributed by atoms with Crippen LogP contribution in [0, 0.1) is 5.92 Å². The molecule has 50 heavy (non-hydrogen) atoms. The minimum atomic E-state index is 0.441. The van der Waals surface area contributed by atoms with Gasteiger partial charge in [-0.3, -0.25) is 0 Å². The number of nitrogens with zero attached hydrogens (tertiary/aromatic N) is 3. The van der Waals surface area contributed by atoms with Crippen LogP contribution in [0.3, 0.4) is 0 Å². The summed E-state index contributed by atoms with van der Waals surface area (Å²) in [4.78, 5) is 15.5. The number of rotatable bonds is 5. The zero-order valence-corrected chi connectivity index (χ0v) is 27.3. The molecule has 2 aromatic heterocycles. The van der Waals surface area contributed by atoms with Crippen molar-refractivity contribution < 1.29 is 4.42 Å². The first-order chi connectivity index (χ1) is 24.7. The van der Waals surface area contributed by atoms with E-state index < -0.39 is 0 Å². The Labute approximate surface area is 289 Å². The van der Waals surface area contributed by atoms with Gasteiger partial charge in [-0.2, -0.15) is 0 Å². The number of benzene rings is 6. The molecule has 2 heterocycles. The maximum atomic E-state index is 6.46. The van der Waals surface area contributed by atoms with E-state index in [0.29, 0.717) is 24.0 Å². The Balaban J connectivity index is 1.15. The zero-order chi connectivity index (χ0) is 33.0. The van der Waals surface area contributed by atoms with Gasteiger partial charge in [0.25, 0.3) is 0 Å². The molecule has 0 radical (unpaired) electrons. The van der Waals surface area contributed by atoms with Gasteiger partial charge in [-0.05, 0) is 74.5 Å². The van der Waals surface area contributed by atoms with Crippen LogP contribution in [-0.2, 0) is 6.42 Å². The number of fused-ring (bicyclic) bond motifs is 6. The fourth-order valence-electron chi connectivity index (χ4n) is 7.56. The van der Waals surface area contributed by atoms with Gasteiger partial charge in [0.2, 0.25) is 0 Å². The normalized spacial score (nSPS) is 15.5. The summed E-state index contributed by atoms with van der Waals surface area (Å²) in [5, 5.41) is 6.83. The lowest BCUT2D eigenvalue weighted by Gasteiger charge is -2.21. The fraction of sp³-hybridized carbons (Fsp3) is 0.0652. The highest BCUT2D eigenvalue weighted by molar-refractivity contribution is 6.13. The molecule has 0 amide bonds. The van der Waals surface area contributed by atoms with Gasteiger partial charge in [0.05, 0.1) is 0 Å². The van der Waals surface area contributed by atoms with E-state index in [1.807, 2.05) is 12.1 Å². The first kappa shape index (κ1) is 28.6. The van der Waals surface area contributed by atoms with E-state index in [4.69, 9.17) is 19.4 Å². The maximum Gasteiger partial charge on any atom is 0.164 e. The van der Waals surface area contributed by atoms with Crippen molar-refractivity contribution in [2.75, 3.05) is 0 Å². The smallest absolute Gasteiger partial charge is 0.164 e. The van der Waals surface area contributed by atoms with Crippen molar-refractivity contribution in [1.82, 2.24) is 15.0 Å². The number of hydrogen-bond donors (Lipinski definition) is 0. The monoisotopic (exact) mass is 641 g/mol. The summed E-state index contributed by atoms with van der Waals surface area (Å²) in [5.74, 6) is 2.50. The molecule has 236 valence electrons. The van der Waals surface area contributed by atoms with E-state index in [-0.39, 0.29) is 0 Å². The van der Waals surface area contributed by atoms with E-state index in [0.717, 1.165) is 56.3 Å². The van der Waals surface area contributed by atoms with Crippen LogP contribution in [0.15, 0.2) is 173 Å². The Morgan fingerprint density at radius 1 is 0.600 bits per heavy atom. The summed E-state index contributed by atoms with van der Waals surface area (Å²) in [5.41, 5.74) is 8.44. The third-order valence-electron chi connectivity index (χ3n) is 10.0. The van der Waals surface area contributed by atoms with Crippen molar-refractivity contribution in [3.8, 4) is 33.9 Å². The van der Waals surface area contributed by atoms with Crippen LogP contribution in [0.4, 0.5) is 0 Å². The molecule has 0 spiro atoms. The van der Waals surface area contributed by atoms with E-state index >= 15 is 0 Å². The summed E-state index contributed by atoms with van der Waals surface area (Å²) < 4.78 is 6.46. The molecule has 4 heteroatoms. The lowest BCUT2D eigenvalue weighted by molar-refractivity contribution is 0.669. The largest absolute Gasteiger partial charge is 0.456 e. The molecule has 1 atom stereocenters. The standard InChI is InChI=1S/C46H31N3O/c1-3-12-33-25-29(19-20-30(33)9-1)26-43-47-45(36-22-21-31-10-2-4-13-34(31)27-36)49-46(48-43)39-17-8-18-42-44(39)40-28-35(23-24-41(40)50-42)38-16-7-14-32-11-5-6-15-37(32)38/h1-19,21-25,27-28,30H,20,26H2. The van der Waals surface area contributed by atoms with Crippen molar-refractivity contribution in [3.05, 3.63) is 175 Å². The first-order valence-corrected chi connectivity index (χ1v) is 17.2. The van der Waals surface area contributed by atoms with E-state index in [1.165, 1.54) is 32.9 Å². The molecule has 4 nitrogen and oxygen atoms in total. The maximum absolute atomic E-state index is 6.46. The average Bonchev–Trinajstić information content (AvgIpc) is 3.55. The van der Waals surface area contributed by atoms with Gasteiger partial charge in [-0.15, -0.1) is 0 Å². The van der Waals surface area contributed by atoms with Crippen LogP contribution < -0.4 is 0 Å². The molecule has 0 saturated carbocycles. The highest BCUT2D eigenvalue weighted by Crippen LogP contribution is 2.39. The summed E-state index contributed by atoms with van der Waals surface area (Å²) in [6.45, 7) is 0. The van der Waals surface area contributed by atoms with Gasteiger partial charge in [0, 0.05) is 34.2 Å². The third kappa shape index (κ3) is 4.96. The minimum Gasteiger partial charge on any atom is -0.456 e. The second kappa shape index (κ2) is 11.6. The van der Waals surface area contributed by atoms with Crippen LogP contribution in [0.1, 0.15) is 12.2 Å². The van der Waals surface area contributed by atoms with Crippen LogP contribution in [0.5, 0.6) is 0 Å². The number of allylic oxidation sites excluding steroid dienone is 8. The predicted octanol–water partition coefficient (Wildman–Crippen LogP) is 11.6. The number of furan rings is 1. The third-order valence-corrected chi connectivity index (χ3v) is 10.0. The summed E-state index contributed by atoms with van der Waals surface area (Å²) in [6, 6.07) is 42.5. The lowest BCUT2D eigenvalue weighted by Crippen LogP contribution is -2.09. The highest BCUT2D eigenvalue weighted by atomic mass is 16.3. The van der Waals surface area contributed by atoms with Crippen LogP contribution in [0.25, 0.3) is 77.4 Å². The Kier molecular flexibility index (Phi) is 6.66. The van der Waals surface area contributed by atoms with Gasteiger partial charge in [-0.1, -0.05) is 134 Å². The fourth-order valence-corrected chi connectivity index (χ4v) is 7.56. The summed E-state index contributed by atoms with van der Waals surface area (Å²) >= 11 is 0. The van der Waals surface area contributed by atoms with Crippen LogP contribution in [-0.4, -0.2) is 15.0 Å². The molecule has 6 aromatic carbocycles. The van der Waals surface area contributed by atoms with Crippen molar-refractivity contribution in [2.45, 2.75) is 12.8 Å². The van der Waals surface area contributed by atoms with E-state index in [1.54, 1.807) is 0 Å². The molecule has 2 aliphatic carbocycles. The number of aromatic nitrogens is 3. The molecule has 0 bridgehead atoms. The SMILES string of the molecule is C1=CC2=CC(Cc3nc(-c4ccc5ccccc5c4)nc(-c4cccc5oc6ccc(-c7cccc8ccccc78)cc6c45)n3)=CCC2C=C1. The van der Waals surface area contributed by atoms with Crippen molar-refractivity contribution in [1.29, 1.82) is 0 Å². The average molecular weight is 642 g/mol. The summed E-state index contributed by atoms with van der Waals surface area (Å²) in [7, 11) is 0. The van der Waals surface area contributed by atoms with Gasteiger partial charge in [0.1, 0.15) is 17.0 Å². The zero-order valence-electron chi connectivity index (χ0n) is 27.3. The predicted molar refractivity (Wildman–Crippen MR) is 205 cm³/mol. The molecule has 0 N–H and O–H groups in total. The van der Waals surface area contributed by atoms with E-state index in [9.17, 15) is 0 Å². The second-order valence-electron chi connectivity index (χ2n) is 13.2. The van der Waals surface area contributed by atoms with Crippen LogP contribution >= 0.6 is 0 Å². The minimum absolute atomic E-state index is 0.441. The Bertz CT molecular complexity index is 2770. The van der Waals surface area contributed by atoms with Gasteiger partial charge >= 0.3 is 0 Å². The second-order valence-corrected chi connectivity index (χ2v) is 13.2. The van der Waals surface area contributed by atoms with Gasteiger partial charge in [0.15, 0.2) is 11.6 Å². The Morgan fingerprint density at radius 3 is 2.36 bits per heavy atom. The van der Waals surface area contributed by atoms with Crippen LogP contribution in [0.2, 0.25) is 0 Å². The molecule has 1 unspecified atom stereocenters. The summed E-state index contributed by atoms with van der Waals surface area (Å²) in [6.07, 6.45) is 15.0. The topological polar surface area (TPSA) is 51.8 Å². The van der Waals surface area contributed by atoms with Crippen molar-refractivity contribution >= 4 is 43.5 Å². The molecule has 0 fully saturated rings. The van der Waals surface area contributed by atoms with Crippen molar-refractivity contribution in [3.63, 3.8) is 0 Å². The van der Waals surface area contributed by atoms with Crippen molar-refractivity contribution in [2.24, 2.45) is 5.92 Å². The molecular weight excluding hydrogens is 611 g/mol. The Hall–Kier alpha value is -6.39. The molecule has 0 saturated heterocycles. The van der Waals surface area contributed by atoms with Gasteiger partial charge in [-0.25, -0.2) is 15.0 Å². The van der Waals surface area contributed by atoms with Gasteiger partial charge < -0.3 is 4.42 Å². The Morgan fingerprint density at radius 2 is 1.40 bits per heavy atom. The quantitative estimate of drug-likeness (QED) is 0.188. The molecule has 2 aliphatic rings. The lowest BCUT2D eigenvalue weighted by atomic mass is 9.85. The molecule has 10 rings (SSSR count). The molecule has 8 aromatic rings. The molecule has 0 aliphatic heterocycles.